The predicted molar refractivity (Wildman–Crippen MR) is 123 cm³/mol. The summed E-state index contributed by atoms with van der Waals surface area (Å²) in [6.07, 6.45) is 1.90. The second-order valence-electron chi connectivity index (χ2n) is 7.60. The average molecular weight is 478 g/mol. The fraction of sp³-hybridized carbons (Fsp3) is 0.857. The fourth-order valence-electron chi connectivity index (χ4n) is 2.52. The van der Waals surface area contributed by atoms with E-state index in [9.17, 15) is 14.4 Å². The summed E-state index contributed by atoms with van der Waals surface area (Å²) in [5.74, 6) is -1.24. The molecule has 0 spiro atoms. The van der Waals surface area contributed by atoms with Crippen LogP contribution in [0.2, 0.25) is 0 Å². The number of ether oxygens (including phenoxy) is 4. The first-order chi connectivity index (χ1) is 15.9. The molecule has 0 saturated heterocycles. The molecular formula is C21H43N5O7. The molecular weight excluding hydrogens is 434 g/mol. The van der Waals surface area contributed by atoms with E-state index in [1.807, 2.05) is 0 Å². The molecule has 0 heterocycles. The molecule has 3 amide bonds. The Morgan fingerprint density at radius 2 is 1.36 bits per heavy atom. The molecule has 0 aromatic carbocycles. The first kappa shape index (κ1) is 31.2. The molecule has 0 aromatic rings. The normalized spacial score (nSPS) is 12.0. The van der Waals surface area contributed by atoms with Crippen LogP contribution in [0.3, 0.4) is 0 Å². The minimum atomic E-state index is -0.726. The lowest BCUT2D eigenvalue weighted by Crippen LogP contribution is -2.45. The van der Waals surface area contributed by atoms with Gasteiger partial charge in [0.25, 0.3) is 0 Å². The van der Waals surface area contributed by atoms with Gasteiger partial charge in [-0.3, -0.25) is 14.4 Å². The van der Waals surface area contributed by atoms with E-state index in [2.05, 4.69) is 29.8 Å². The topological polar surface area (TPSA) is 176 Å². The molecule has 1 atom stereocenters. The Morgan fingerprint density at radius 3 is 1.94 bits per heavy atom. The molecule has 0 aromatic heterocycles. The molecule has 0 rings (SSSR count). The predicted octanol–water partition coefficient (Wildman–Crippen LogP) is -1.73. The molecule has 0 saturated carbocycles. The molecule has 194 valence electrons. The summed E-state index contributed by atoms with van der Waals surface area (Å²) >= 11 is 0. The zero-order valence-electron chi connectivity index (χ0n) is 20.1. The third-order valence-electron chi connectivity index (χ3n) is 4.20. The number of hydrogen-bond acceptors (Lipinski definition) is 9. The molecule has 0 aliphatic carbocycles. The minimum absolute atomic E-state index is 0.0374. The zero-order chi connectivity index (χ0) is 24.7. The van der Waals surface area contributed by atoms with Gasteiger partial charge in [-0.2, -0.15) is 0 Å². The number of primary amides is 1. The highest BCUT2D eigenvalue weighted by atomic mass is 16.5. The van der Waals surface area contributed by atoms with Gasteiger partial charge >= 0.3 is 0 Å². The van der Waals surface area contributed by atoms with Crippen LogP contribution in [0.15, 0.2) is 0 Å². The molecule has 0 fully saturated rings. The first-order valence-corrected chi connectivity index (χ1v) is 11.5. The second-order valence-corrected chi connectivity index (χ2v) is 7.60. The van der Waals surface area contributed by atoms with Crippen molar-refractivity contribution in [2.24, 2.45) is 11.5 Å². The quantitative estimate of drug-likeness (QED) is 0.107. The van der Waals surface area contributed by atoms with E-state index >= 15 is 0 Å². The monoisotopic (exact) mass is 477 g/mol. The van der Waals surface area contributed by atoms with Gasteiger partial charge in [0.2, 0.25) is 17.7 Å². The van der Waals surface area contributed by atoms with Crippen molar-refractivity contribution in [2.75, 3.05) is 72.5 Å². The smallest absolute Gasteiger partial charge is 0.246 e. The lowest BCUT2D eigenvalue weighted by molar-refractivity contribution is -0.131. The lowest BCUT2D eigenvalue weighted by Gasteiger charge is -2.15. The molecule has 33 heavy (non-hydrogen) atoms. The van der Waals surface area contributed by atoms with Gasteiger partial charge in [0.15, 0.2) is 0 Å². The average Bonchev–Trinajstić information content (AvgIpc) is 2.76. The SMILES string of the molecule is CC(C)NCCOCCOCC(=O)NCCOCCOCC(=O)N[C@@H](CCCCN)C(N)=O. The third-order valence-corrected chi connectivity index (χ3v) is 4.20. The van der Waals surface area contributed by atoms with Crippen LogP contribution in [0.1, 0.15) is 33.1 Å². The first-order valence-electron chi connectivity index (χ1n) is 11.5. The Morgan fingerprint density at radius 1 is 0.788 bits per heavy atom. The van der Waals surface area contributed by atoms with Crippen LogP contribution >= 0.6 is 0 Å². The number of carbonyl (C=O) groups excluding carboxylic acids is 3. The van der Waals surface area contributed by atoms with Gasteiger partial charge in [-0.1, -0.05) is 13.8 Å². The van der Waals surface area contributed by atoms with Crippen LogP contribution < -0.4 is 27.4 Å². The molecule has 0 radical (unpaired) electrons. The third kappa shape index (κ3) is 21.8. The van der Waals surface area contributed by atoms with Crippen LogP contribution in [-0.2, 0) is 33.3 Å². The lowest BCUT2D eigenvalue weighted by atomic mass is 10.1. The van der Waals surface area contributed by atoms with Gasteiger partial charge in [-0.25, -0.2) is 0 Å². The molecule has 7 N–H and O–H groups in total. The molecule has 0 bridgehead atoms. The van der Waals surface area contributed by atoms with Crippen molar-refractivity contribution in [2.45, 2.75) is 45.2 Å². The Bertz CT molecular complexity index is 523. The van der Waals surface area contributed by atoms with Crippen molar-refractivity contribution >= 4 is 17.7 Å². The van der Waals surface area contributed by atoms with Gasteiger partial charge in [0.1, 0.15) is 19.3 Å². The number of amides is 3. The number of carbonyl (C=O) groups is 3. The summed E-state index contributed by atoms with van der Waals surface area (Å²) < 4.78 is 21.1. The maximum atomic E-state index is 11.8. The molecule has 0 aliphatic rings. The van der Waals surface area contributed by atoms with Gasteiger partial charge < -0.3 is 46.4 Å². The summed E-state index contributed by atoms with van der Waals surface area (Å²) in [6, 6.07) is -0.299. The van der Waals surface area contributed by atoms with Crippen LogP contribution in [-0.4, -0.2) is 102 Å². The van der Waals surface area contributed by atoms with E-state index in [-0.39, 0.29) is 32.3 Å². The van der Waals surface area contributed by atoms with Crippen molar-refractivity contribution in [3.05, 3.63) is 0 Å². The van der Waals surface area contributed by atoms with E-state index < -0.39 is 17.9 Å². The molecule has 12 nitrogen and oxygen atoms in total. The van der Waals surface area contributed by atoms with Crippen LogP contribution in [0.4, 0.5) is 0 Å². The van der Waals surface area contributed by atoms with Gasteiger partial charge in [0, 0.05) is 19.1 Å². The van der Waals surface area contributed by atoms with Crippen LogP contribution in [0.5, 0.6) is 0 Å². The summed E-state index contributed by atoms with van der Waals surface area (Å²) in [7, 11) is 0. The summed E-state index contributed by atoms with van der Waals surface area (Å²) in [5, 5.41) is 8.45. The molecule has 0 aliphatic heterocycles. The van der Waals surface area contributed by atoms with Crippen molar-refractivity contribution in [1.29, 1.82) is 0 Å². The Hall–Kier alpha value is -1.83. The maximum absolute atomic E-state index is 11.8. The highest BCUT2D eigenvalue weighted by Crippen LogP contribution is 2.00. The number of hydrogen-bond donors (Lipinski definition) is 5. The van der Waals surface area contributed by atoms with E-state index in [0.717, 1.165) is 13.0 Å². The van der Waals surface area contributed by atoms with Crippen LogP contribution in [0.25, 0.3) is 0 Å². The Balaban J connectivity index is 3.52. The summed E-state index contributed by atoms with van der Waals surface area (Å²) in [4.78, 5) is 34.8. The molecule has 12 heteroatoms. The maximum Gasteiger partial charge on any atom is 0.246 e. The Labute approximate surface area is 196 Å². The van der Waals surface area contributed by atoms with Crippen molar-refractivity contribution in [3.63, 3.8) is 0 Å². The van der Waals surface area contributed by atoms with E-state index in [1.54, 1.807) is 0 Å². The van der Waals surface area contributed by atoms with Crippen molar-refractivity contribution in [3.8, 4) is 0 Å². The molecule has 0 unspecified atom stereocenters. The van der Waals surface area contributed by atoms with E-state index in [0.29, 0.717) is 58.4 Å². The zero-order valence-corrected chi connectivity index (χ0v) is 20.1. The highest BCUT2D eigenvalue weighted by molar-refractivity contribution is 5.86. The number of nitrogens with one attached hydrogen (secondary N) is 3. The minimum Gasteiger partial charge on any atom is -0.378 e. The number of rotatable bonds is 23. The standard InChI is InChI=1S/C21H43N5O7/c1-17(2)24-7-9-30-11-13-32-15-19(27)25-8-10-31-12-14-33-16-20(28)26-18(21(23)29)5-3-4-6-22/h17-18,24H,3-16,22H2,1-2H3,(H2,23,29)(H,25,27)(H,26,28)/t18-/m0/s1. The largest absolute Gasteiger partial charge is 0.378 e. The summed E-state index contributed by atoms with van der Waals surface area (Å²) in [6.45, 7) is 7.69. The Kier molecular flexibility index (Phi) is 20.8. The fourth-order valence-corrected chi connectivity index (χ4v) is 2.52. The van der Waals surface area contributed by atoms with Gasteiger partial charge in [-0.15, -0.1) is 0 Å². The van der Waals surface area contributed by atoms with Crippen LogP contribution in [0, 0.1) is 0 Å². The highest BCUT2D eigenvalue weighted by Gasteiger charge is 2.17. The van der Waals surface area contributed by atoms with Gasteiger partial charge in [-0.05, 0) is 25.8 Å². The number of nitrogens with two attached hydrogens (primary N) is 2. The van der Waals surface area contributed by atoms with Gasteiger partial charge in [0.05, 0.1) is 39.6 Å². The second kappa shape index (κ2) is 22.0. The van der Waals surface area contributed by atoms with Crippen molar-refractivity contribution in [1.82, 2.24) is 16.0 Å². The van der Waals surface area contributed by atoms with E-state index in [4.69, 9.17) is 30.4 Å². The van der Waals surface area contributed by atoms with E-state index in [1.165, 1.54) is 0 Å². The van der Waals surface area contributed by atoms with Crippen molar-refractivity contribution < 1.29 is 33.3 Å². The summed E-state index contributed by atoms with van der Waals surface area (Å²) in [5.41, 5.74) is 10.7. The number of unbranched alkanes of at least 4 members (excludes halogenated alkanes) is 1.